The number of hydrogen-bond acceptors (Lipinski definition) is 1. The standard InChI is InChI=1S/C19H27BrS/c1-4-14-5-6-15(21-14)16(20)19-9-13-7-17(2,11-19)10-18(3,8-13)12-19/h5-6,13,16H,4,7-12H2,1-3H3. The van der Waals surface area contributed by atoms with Crippen molar-refractivity contribution in [2.24, 2.45) is 22.2 Å². The molecule has 5 rings (SSSR count). The normalized spacial score (nSPS) is 46.0. The lowest BCUT2D eigenvalue weighted by Gasteiger charge is -2.66. The Morgan fingerprint density at radius 1 is 1.14 bits per heavy atom. The fourth-order valence-electron chi connectivity index (χ4n) is 6.84. The first kappa shape index (κ1) is 14.8. The van der Waals surface area contributed by atoms with E-state index < -0.39 is 0 Å². The molecule has 4 fully saturated rings. The Hall–Kier alpha value is 0.180. The highest BCUT2D eigenvalue weighted by molar-refractivity contribution is 9.09. The predicted molar refractivity (Wildman–Crippen MR) is 95.2 cm³/mol. The zero-order valence-corrected chi connectivity index (χ0v) is 15.9. The highest BCUT2D eigenvalue weighted by Crippen LogP contribution is 2.73. The molecule has 4 bridgehead atoms. The van der Waals surface area contributed by atoms with E-state index in [9.17, 15) is 0 Å². The highest BCUT2D eigenvalue weighted by Gasteiger charge is 2.62. The molecule has 0 aromatic carbocycles. The lowest BCUT2D eigenvalue weighted by Crippen LogP contribution is -2.56. The van der Waals surface area contributed by atoms with Crippen LogP contribution in [0.1, 0.15) is 73.9 Å². The van der Waals surface area contributed by atoms with E-state index in [-0.39, 0.29) is 0 Å². The fraction of sp³-hybridized carbons (Fsp3) is 0.789. The molecular formula is C19H27BrS. The van der Waals surface area contributed by atoms with Gasteiger partial charge in [0.15, 0.2) is 0 Å². The molecule has 4 aliphatic rings. The molecule has 116 valence electrons. The van der Waals surface area contributed by atoms with Gasteiger partial charge in [-0.3, -0.25) is 0 Å². The molecule has 21 heavy (non-hydrogen) atoms. The number of thiophene rings is 1. The molecule has 3 atom stereocenters. The predicted octanol–water partition coefficient (Wildman–Crippen LogP) is 6.74. The number of hydrogen-bond donors (Lipinski definition) is 0. The number of halogens is 1. The Kier molecular flexibility index (Phi) is 3.23. The number of rotatable bonds is 3. The Bertz CT molecular complexity index is 542. The van der Waals surface area contributed by atoms with Crippen LogP contribution < -0.4 is 0 Å². The Balaban J connectivity index is 1.70. The minimum Gasteiger partial charge on any atom is -0.144 e. The van der Waals surface area contributed by atoms with Crippen LogP contribution >= 0.6 is 27.3 Å². The monoisotopic (exact) mass is 366 g/mol. The molecule has 0 saturated heterocycles. The summed E-state index contributed by atoms with van der Waals surface area (Å²) in [6, 6.07) is 4.74. The van der Waals surface area contributed by atoms with Crippen molar-refractivity contribution in [1.29, 1.82) is 0 Å². The van der Waals surface area contributed by atoms with Gasteiger partial charge in [0.05, 0.1) is 4.83 Å². The molecule has 4 aliphatic carbocycles. The van der Waals surface area contributed by atoms with E-state index >= 15 is 0 Å². The summed E-state index contributed by atoms with van der Waals surface area (Å²) in [4.78, 5) is 3.70. The highest BCUT2D eigenvalue weighted by atomic mass is 79.9. The molecule has 0 aliphatic heterocycles. The van der Waals surface area contributed by atoms with Gasteiger partial charge in [0, 0.05) is 9.75 Å². The smallest absolute Gasteiger partial charge is 0.0545 e. The van der Waals surface area contributed by atoms with E-state index in [1.54, 1.807) is 4.88 Å². The first-order valence-corrected chi connectivity index (χ1v) is 10.3. The Morgan fingerprint density at radius 3 is 2.33 bits per heavy atom. The zero-order valence-electron chi connectivity index (χ0n) is 13.5. The molecule has 0 nitrogen and oxygen atoms in total. The van der Waals surface area contributed by atoms with Gasteiger partial charge in [0.1, 0.15) is 0 Å². The number of aryl methyl sites for hydroxylation is 1. The molecule has 4 saturated carbocycles. The molecule has 2 heteroatoms. The van der Waals surface area contributed by atoms with Gasteiger partial charge >= 0.3 is 0 Å². The molecular weight excluding hydrogens is 340 g/mol. The molecule has 0 N–H and O–H groups in total. The van der Waals surface area contributed by atoms with Crippen molar-refractivity contribution >= 4 is 27.3 Å². The van der Waals surface area contributed by atoms with Crippen molar-refractivity contribution in [2.75, 3.05) is 0 Å². The summed E-state index contributed by atoms with van der Waals surface area (Å²) in [6.45, 7) is 7.43. The van der Waals surface area contributed by atoms with Crippen molar-refractivity contribution in [3.63, 3.8) is 0 Å². The summed E-state index contributed by atoms with van der Waals surface area (Å²) in [7, 11) is 0. The maximum Gasteiger partial charge on any atom is 0.0545 e. The maximum atomic E-state index is 4.18. The van der Waals surface area contributed by atoms with Crippen LogP contribution in [0.15, 0.2) is 12.1 Å². The zero-order chi connectivity index (χ0) is 14.9. The van der Waals surface area contributed by atoms with Crippen LogP contribution in [0.4, 0.5) is 0 Å². The summed E-state index contributed by atoms with van der Waals surface area (Å²) < 4.78 is 0. The first-order valence-electron chi connectivity index (χ1n) is 8.58. The van der Waals surface area contributed by atoms with Crippen LogP contribution in [0.2, 0.25) is 0 Å². The van der Waals surface area contributed by atoms with E-state index in [2.05, 4.69) is 48.8 Å². The quantitative estimate of drug-likeness (QED) is 0.519. The average Bonchev–Trinajstić information content (AvgIpc) is 2.81. The van der Waals surface area contributed by atoms with E-state index in [0.717, 1.165) is 5.92 Å². The summed E-state index contributed by atoms with van der Waals surface area (Å²) in [5, 5.41) is 0. The molecule has 1 aromatic rings. The van der Waals surface area contributed by atoms with Gasteiger partial charge in [-0.05, 0) is 79.2 Å². The molecule has 1 heterocycles. The van der Waals surface area contributed by atoms with Crippen molar-refractivity contribution < 1.29 is 0 Å². The second-order valence-electron chi connectivity index (χ2n) is 9.01. The van der Waals surface area contributed by atoms with Gasteiger partial charge in [-0.15, -0.1) is 11.3 Å². The van der Waals surface area contributed by atoms with Gasteiger partial charge in [-0.2, -0.15) is 0 Å². The minimum atomic E-state index is 0.527. The van der Waals surface area contributed by atoms with Gasteiger partial charge in [-0.25, -0.2) is 0 Å². The van der Waals surface area contributed by atoms with E-state index in [1.165, 1.54) is 49.8 Å². The third-order valence-corrected chi connectivity index (χ3v) is 9.55. The summed E-state index contributed by atoms with van der Waals surface area (Å²) >= 11 is 6.22. The first-order chi connectivity index (χ1) is 9.85. The summed E-state index contributed by atoms with van der Waals surface area (Å²) in [5.41, 5.74) is 1.76. The number of alkyl halides is 1. The van der Waals surface area contributed by atoms with Crippen LogP contribution in [-0.2, 0) is 6.42 Å². The van der Waals surface area contributed by atoms with Crippen molar-refractivity contribution in [3.8, 4) is 0 Å². The second-order valence-corrected chi connectivity index (χ2v) is 11.1. The lowest BCUT2D eigenvalue weighted by molar-refractivity contribution is -0.144. The van der Waals surface area contributed by atoms with Crippen molar-refractivity contribution in [1.82, 2.24) is 0 Å². The second kappa shape index (κ2) is 4.60. The van der Waals surface area contributed by atoms with Crippen LogP contribution in [-0.4, -0.2) is 0 Å². The van der Waals surface area contributed by atoms with Crippen LogP contribution in [0.25, 0.3) is 0 Å². The van der Waals surface area contributed by atoms with Gasteiger partial charge in [0.25, 0.3) is 0 Å². The van der Waals surface area contributed by atoms with Crippen molar-refractivity contribution in [2.45, 2.75) is 70.5 Å². The van der Waals surface area contributed by atoms with Gasteiger partial charge in [-0.1, -0.05) is 36.7 Å². The molecule has 0 spiro atoms. The molecule has 1 aromatic heterocycles. The van der Waals surface area contributed by atoms with Crippen LogP contribution in [0.3, 0.4) is 0 Å². The average molecular weight is 367 g/mol. The van der Waals surface area contributed by atoms with Crippen molar-refractivity contribution in [3.05, 3.63) is 21.9 Å². The topological polar surface area (TPSA) is 0 Å². The third-order valence-electron chi connectivity index (χ3n) is 6.49. The molecule has 0 radical (unpaired) electrons. The van der Waals surface area contributed by atoms with Gasteiger partial charge < -0.3 is 0 Å². The van der Waals surface area contributed by atoms with E-state index in [4.69, 9.17) is 0 Å². The largest absolute Gasteiger partial charge is 0.144 e. The SMILES string of the molecule is CCc1ccc(C(Br)C23CC4CC(C)(CC(C)(C4)C2)C3)s1. The Labute approximate surface area is 141 Å². The third kappa shape index (κ3) is 2.27. The van der Waals surface area contributed by atoms with Crippen LogP contribution in [0.5, 0.6) is 0 Å². The van der Waals surface area contributed by atoms with E-state index in [1.807, 2.05) is 11.3 Å². The van der Waals surface area contributed by atoms with Crippen LogP contribution in [0, 0.1) is 22.2 Å². The minimum absolute atomic E-state index is 0.527. The summed E-state index contributed by atoms with van der Waals surface area (Å²) in [6.07, 6.45) is 10.00. The maximum absolute atomic E-state index is 4.18. The fourth-order valence-corrected chi connectivity index (χ4v) is 8.86. The molecule has 0 amide bonds. The molecule has 3 unspecified atom stereocenters. The lowest BCUT2D eigenvalue weighted by atomic mass is 9.40. The van der Waals surface area contributed by atoms with Gasteiger partial charge in [0.2, 0.25) is 0 Å². The van der Waals surface area contributed by atoms with E-state index in [0.29, 0.717) is 21.1 Å². The Morgan fingerprint density at radius 2 is 1.81 bits per heavy atom. The summed E-state index contributed by atoms with van der Waals surface area (Å²) in [5.74, 6) is 0.988.